The van der Waals surface area contributed by atoms with Crippen molar-refractivity contribution in [3.63, 3.8) is 0 Å². The van der Waals surface area contributed by atoms with E-state index in [-0.39, 0.29) is 0 Å². The Kier molecular flexibility index (Phi) is 4.14. The highest BCUT2D eigenvalue weighted by Crippen LogP contribution is 2.32. The van der Waals surface area contributed by atoms with Crippen LogP contribution in [0.2, 0.25) is 0 Å². The largest absolute Gasteiger partial charge is 0.361 e. The fourth-order valence-corrected chi connectivity index (χ4v) is 2.90. The van der Waals surface area contributed by atoms with E-state index in [0.717, 1.165) is 28.2 Å². The van der Waals surface area contributed by atoms with Crippen LogP contribution in [0.25, 0.3) is 33.8 Å². The molecule has 0 amide bonds. The Hall–Kier alpha value is -3.19. The SMILES string of the molecule is Cc1ccc(-c2cc(-c3ccccc3)[o+]c(-c3ccccc3)c2)cc1. The van der Waals surface area contributed by atoms with Crippen LogP contribution in [0, 0.1) is 6.92 Å². The van der Waals surface area contributed by atoms with Crippen molar-refractivity contribution in [1.29, 1.82) is 0 Å². The molecule has 0 radical (unpaired) electrons. The first-order valence-corrected chi connectivity index (χ1v) is 8.46. The predicted octanol–water partition coefficient (Wildman–Crippen LogP) is 6.87. The summed E-state index contributed by atoms with van der Waals surface area (Å²) in [6.45, 7) is 2.11. The van der Waals surface area contributed by atoms with Crippen molar-refractivity contribution in [1.82, 2.24) is 0 Å². The molecule has 0 aliphatic rings. The van der Waals surface area contributed by atoms with Crippen molar-refractivity contribution < 1.29 is 4.42 Å². The van der Waals surface area contributed by atoms with E-state index in [9.17, 15) is 0 Å². The molecule has 0 saturated heterocycles. The first kappa shape index (κ1) is 15.3. The number of aryl methyl sites for hydroxylation is 1. The normalized spacial score (nSPS) is 10.6. The van der Waals surface area contributed by atoms with Gasteiger partial charge in [0.25, 0.3) is 0 Å². The van der Waals surface area contributed by atoms with Crippen molar-refractivity contribution in [2.24, 2.45) is 0 Å². The minimum atomic E-state index is 0.873. The molecule has 0 atom stereocenters. The molecule has 1 heterocycles. The summed E-state index contributed by atoms with van der Waals surface area (Å²) in [5, 5.41) is 0. The highest BCUT2D eigenvalue weighted by Gasteiger charge is 2.20. The summed E-state index contributed by atoms with van der Waals surface area (Å²) >= 11 is 0. The molecule has 0 aliphatic carbocycles. The molecule has 0 bridgehead atoms. The summed E-state index contributed by atoms with van der Waals surface area (Å²) in [5.74, 6) is 1.75. The number of benzene rings is 3. The monoisotopic (exact) mass is 323 g/mol. The van der Waals surface area contributed by atoms with Gasteiger partial charge < -0.3 is 0 Å². The molecule has 120 valence electrons. The Morgan fingerprint density at radius 2 is 0.960 bits per heavy atom. The van der Waals surface area contributed by atoms with Crippen LogP contribution in [-0.2, 0) is 0 Å². The summed E-state index contributed by atoms with van der Waals surface area (Å²) in [6, 6.07) is 33.3. The maximum atomic E-state index is 6.24. The smallest absolute Gasteiger partial charge is 0.207 e. The Morgan fingerprint density at radius 1 is 0.480 bits per heavy atom. The van der Waals surface area contributed by atoms with Gasteiger partial charge in [-0.1, -0.05) is 66.2 Å². The van der Waals surface area contributed by atoms with Gasteiger partial charge in [-0.25, -0.2) is 4.42 Å². The second kappa shape index (κ2) is 6.74. The highest BCUT2D eigenvalue weighted by atomic mass is 16.3. The molecule has 1 aromatic heterocycles. The van der Waals surface area contributed by atoms with Crippen LogP contribution in [0.15, 0.2) is 101 Å². The molecule has 1 heteroatoms. The molecule has 3 aromatic carbocycles. The van der Waals surface area contributed by atoms with Crippen molar-refractivity contribution in [3.8, 4) is 33.8 Å². The Bertz CT molecular complexity index is 914. The van der Waals surface area contributed by atoms with Crippen LogP contribution in [0.4, 0.5) is 0 Å². The summed E-state index contributed by atoms with van der Waals surface area (Å²) in [6.07, 6.45) is 0. The highest BCUT2D eigenvalue weighted by molar-refractivity contribution is 5.74. The average molecular weight is 323 g/mol. The Labute approximate surface area is 148 Å². The first-order chi connectivity index (χ1) is 12.3. The lowest BCUT2D eigenvalue weighted by Gasteiger charge is -2.03. The van der Waals surface area contributed by atoms with E-state index in [1.54, 1.807) is 0 Å². The number of rotatable bonds is 3. The molecule has 0 spiro atoms. The van der Waals surface area contributed by atoms with Crippen molar-refractivity contribution in [2.75, 3.05) is 0 Å². The zero-order chi connectivity index (χ0) is 17.1. The van der Waals surface area contributed by atoms with E-state index in [1.165, 1.54) is 11.1 Å². The van der Waals surface area contributed by atoms with Crippen LogP contribution in [0.1, 0.15) is 5.56 Å². The summed E-state index contributed by atoms with van der Waals surface area (Å²) in [5.41, 5.74) is 5.76. The van der Waals surface area contributed by atoms with Gasteiger partial charge in [0, 0.05) is 5.56 Å². The molecule has 1 nitrogen and oxygen atoms in total. The van der Waals surface area contributed by atoms with Gasteiger partial charge in [-0.05, 0) is 36.8 Å². The molecule has 0 unspecified atom stereocenters. The van der Waals surface area contributed by atoms with Gasteiger partial charge in [0.2, 0.25) is 0 Å². The van der Waals surface area contributed by atoms with E-state index in [4.69, 9.17) is 4.42 Å². The third-order valence-electron chi connectivity index (χ3n) is 4.29. The molecule has 0 fully saturated rings. The lowest BCUT2D eigenvalue weighted by atomic mass is 10.0. The quantitative estimate of drug-likeness (QED) is 0.374. The lowest BCUT2D eigenvalue weighted by molar-refractivity contribution is 0.582. The van der Waals surface area contributed by atoms with Crippen LogP contribution in [0.3, 0.4) is 0 Å². The minimum Gasteiger partial charge on any atom is -0.207 e. The van der Waals surface area contributed by atoms with Crippen LogP contribution < -0.4 is 0 Å². The van der Waals surface area contributed by atoms with Crippen LogP contribution in [0.5, 0.6) is 0 Å². The second-order valence-electron chi connectivity index (χ2n) is 6.17. The predicted molar refractivity (Wildman–Crippen MR) is 104 cm³/mol. The fourth-order valence-electron chi connectivity index (χ4n) is 2.90. The lowest BCUT2D eigenvalue weighted by Crippen LogP contribution is -1.86. The third kappa shape index (κ3) is 3.36. The molecule has 25 heavy (non-hydrogen) atoms. The Balaban J connectivity index is 1.90. The standard InChI is InChI=1S/C24H19O/c1-18-12-14-19(15-13-18)22-16-23(20-8-4-2-5-9-20)25-24(17-22)21-10-6-3-7-11-21/h2-17H,1H3/q+1. The zero-order valence-electron chi connectivity index (χ0n) is 14.1. The van der Waals surface area contributed by atoms with Crippen LogP contribution in [-0.4, -0.2) is 0 Å². The van der Waals surface area contributed by atoms with Gasteiger partial charge in [0.15, 0.2) is 0 Å². The van der Waals surface area contributed by atoms with Crippen LogP contribution >= 0.6 is 0 Å². The van der Waals surface area contributed by atoms with Gasteiger partial charge in [-0.15, -0.1) is 0 Å². The maximum Gasteiger partial charge on any atom is 0.361 e. The molecule has 4 aromatic rings. The molecule has 0 aliphatic heterocycles. The third-order valence-corrected chi connectivity index (χ3v) is 4.29. The molecule has 0 N–H and O–H groups in total. The molecule has 0 saturated carbocycles. The van der Waals surface area contributed by atoms with E-state index < -0.39 is 0 Å². The first-order valence-electron chi connectivity index (χ1n) is 8.46. The Morgan fingerprint density at radius 3 is 1.44 bits per heavy atom. The number of hydrogen-bond acceptors (Lipinski definition) is 0. The van der Waals surface area contributed by atoms with Crippen molar-refractivity contribution in [3.05, 3.63) is 103 Å². The van der Waals surface area contributed by atoms with Gasteiger partial charge in [0.1, 0.15) is 0 Å². The van der Waals surface area contributed by atoms with Gasteiger partial charge in [-0.2, -0.15) is 0 Å². The van der Waals surface area contributed by atoms with Crippen molar-refractivity contribution in [2.45, 2.75) is 6.92 Å². The summed E-state index contributed by atoms with van der Waals surface area (Å²) in [7, 11) is 0. The summed E-state index contributed by atoms with van der Waals surface area (Å²) in [4.78, 5) is 0. The minimum absolute atomic E-state index is 0.873. The second-order valence-corrected chi connectivity index (χ2v) is 6.17. The van der Waals surface area contributed by atoms with Gasteiger partial charge >= 0.3 is 11.5 Å². The maximum absolute atomic E-state index is 6.24. The van der Waals surface area contributed by atoms with Crippen molar-refractivity contribution >= 4 is 0 Å². The fraction of sp³-hybridized carbons (Fsp3) is 0.0417. The van der Waals surface area contributed by atoms with E-state index >= 15 is 0 Å². The van der Waals surface area contributed by atoms with E-state index in [0.29, 0.717) is 0 Å². The topological polar surface area (TPSA) is 11.3 Å². The molecule has 4 rings (SSSR count). The van der Waals surface area contributed by atoms with Gasteiger partial charge in [0.05, 0.1) is 23.3 Å². The van der Waals surface area contributed by atoms with E-state index in [1.807, 2.05) is 36.4 Å². The average Bonchev–Trinajstić information content (AvgIpc) is 2.69. The molecular weight excluding hydrogens is 304 g/mol. The zero-order valence-corrected chi connectivity index (χ0v) is 14.1. The van der Waals surface area contributed by atoms with Gasteiger partial charge in [-0.3, -0.25) is 0 Å². The van der Waals surface area contributed by atoms with E-state index in [2.05, 4.69) is 67.6 Å². The molecular formula is C24H19O+. The number of hydrogen-bond donors (Lipinski definition) is 0. The summed E-state index contributed by atoms with van der Waals surface area (Å²) < 4.78 is 6.24.